The minimum Gasteiger partial charge on any atom is -0.402 e. The smallest absolute Gasteiger partial charge is 0.402 e. The summed E-state index contributed by atoms with van der Waals surface area (Å²) in [5, 5.41) is 96.9. The molecule has 13 nitrogen and oxygen atoms in total. The van der Waals surface area contributed by atoms with Gasteiger partial charge in [0, 0.05) is 0 Å². The van der Waals surface area contributed by atoms with Crippen molar-refractivity contribution in [2.45, 2.75) is 60.7 Å². The fourth-order valence-electron chi connectivity index (χ4n) is 3.28. The normalized spacial score (nSPS) is 48.6. The number of ether oxygens (including phenoxy) is 2. The highest BCUT2D eigenvalue weighted by Gasteiger charge is 2.67. The molecule has 0 amide bonds. The predicted molar refractivity (Wildman–Crippen MR) is 77.5 cm³/mol. The van der Waals surface area contributed by atoms with Gasteiger partial charge >= 0.3 is 7.32 Å². The molecule has 2 rings (SSSR count). The van der Waals surface area contributed by atoms with Gasteiger partial charge in [-0.2, -0.15) is 0 Å². The Hall–Kier alpha value is -0.455. The molecule has 2 aliphatic rings. The standard InChI is InChI=1S/C12H23BO13/c1-10(26-13(22)23,8-4(16)6(18)11(20,2-14)24-8)9-5(17)7(19)12(21,3-15)25-9/h4-9,14-23H,2-3H2,1H3/t4-,5+,6+,7-,8-,9+,10?,11-,12+. The van der Waals surface area contributed by atoms with E-state index in [0.717, 1.165) is 6.92 Å². The van der Waals surface area contributed by atoms with Crippen LogP contribution >= 0.6 is 0 Å². The van der Waals surface area contributed by atoms with E-state index >= 15 is 0 Å². The van der Waals surface area contributed by atoms with Crippen LogP contribution in [0.2, 0.25) is 0 Å². The largest absolute Gasteiger partial charge is 0.634 e. The topological polar surface area (TPSA) is 230 Å². The molecule has 0 radical (unpaired) electrons. The van der Waals surface area contributed by atoms with E-state index in [9.17, 15) is 50.9 Å². The summed E-state index contributed by atoms with van der Waals surface area (Å²) < 4.78 is 14.9. The molecule has 2 fully saturated rings. The maximum absolute atomic E-state index is 10.2. The van der Waals surface area contributed by atoms with Crippen LogP contribution in [-0.4, -0.2) is 125 Å². The monoisotopic (exact) mass is 386 g/mol. The van der Waals surface area contributed by atoms with Crippen molar-refractivity contribution in [2.24, 2.45) is 0 Å². The van der Waals surface area contributed by atoms with E-state index in [-0.39, 0.29) is 0 Å². The van der Waals surface area contributed by atoms with Crippen LogP contribution in [0, 0.1) is 0 Å². The lowest BCUT2D eigenvalue weighted by atomic mass is 9.83. The third-order valence-electron chi connectivity index (χ3n) is 4.80. The highest BCUT2D eigenvalue weighted by atomic mass is 16.7. The molecule has 0 spiro atoms. The Balaban J connectivity index is 2.44. The zero-order valence-corrected chi connectivity index (χ0v) is 13.7. The van der Waals surface area contributed by atoms with Gasteiger partial charge in [0.1, 0.15) is 42.2 Å². The summed E-state index contributed by atoms with van der Waals surface area (Å²) >= 11 is 0. The van der Waals surface area contributed by atoms with E-state index in [1.165, 1.54) is 0 Å². The van der Waals surface area contributed by atoms with E-state index in [1.807, 2.05) is 0 Å². The lowest BCUT2D eigenvalue weighted by molar-refractivity contribution is -0.292. The SMILES string of the molecule is CC(OB(O)O)([C@@H]1O[C@](O)(CO)[C@@H](O)[C@H]1O)[C@H]1O[C@@](O)(CO)[C@H](O)[C@@H]1O. The Labute approximate surface area is 147 Å². The maximum Gasteiger partial charge on any atom is 0.634 e. The van der Waals surface area contributed by atoms with E-state index in [2.05, 4.69) is 0 Å². The molecule has 0 aromatic rings. The van der Waals surface area contributed by atoms with Gasteiger partial charge in [-0.25, -0.2) is 0 Å². The van der Waals surface area contributed by atoms with Gasteiger partial charge in [0.25, 0.3) is 0 Å². The van der Waals surface area contributed by atoms with Crippen LogP contribution in [0.15, 0.2) is 0 Å². The first-order valence-corrected chi connectivity index (χ1v) is 7.64. The maximum atomic E-state index is 10.2. The van der Waals surface area contributed by atoms with Gasteiger partial charge in [0.2, 0.25) is 11.6 Å². The Morgan fingerprint density at radius 3 is 1.46 bits per heavy atom. The van der Waals surface area contributed by atoms with Gasteiger partial charge in [-0.05, 0) is 6.92 Å². The van der Waals surface area contributed by atoms with Crippen molar-refractivity contribution in [3.8, 4) is 0 Å². The fraction of sp³-hybridized carbons (Fsp3) is 1.00. The Bertz CT molecular complexity index is 472. The molecule has 2 saturated heterocycles. The van der Waals surface area contributed by atoms with Crippen LogP contribution in [0.1, 0.15) is 6.92 Å². The molecule has 2 heterocycles. The average Bonchev–Trinajstić information content (AvgIpc) is 2.96. The third kappa shape index (κ3) is 3.26. The quantitative estimate of drug-likeness (QED) is 0.192. The van der Waals surface area contributed by atoms with Gasteiger partial charge in [0.05, 0.1) is 13.2 Å². The average molecular weight is 386 g/mol. The van der Waals surface area contributed by atoms with Crippen molar-refractivity contribution in [1.29, 1.82) is 0 Å². The van der Waals surface area contributed by atoms with Crippen LogP contribution in [0.25, 0.3) is 0 Å². The highest BCUT2D eigenvalue weighted by molar-refractivity contribution is 6.32. The Morgan fingerprint density at radius 1 is 0.885 bits per heavy atom. The molecule has 0 aromatic carbocycles. The molecule has 26 heavy (non-hydrogen) atoms. The molecule has 10 N–H and O–H groups in total. The summed E-state index contributed by atoms with van der Waals surface area (Å²) in [5.74, 6) is -5.30. The van der Waals surface area contributed by atoms with Gasteiger partial charge < -0.3 is 65.0 Å². The summed E-state index contributed by atoms with van der Waals surface area (Å²) in [5.41, 5.74) is -2.31. The molecule has 14 heteroatoms. The zero-order chi connectivity index (χ0) is 20.1. The fourth-order valence-corrected chi connectivity index (χ4v) is 3.28. The number of hydrogen-bond acceptors (Lipinski definition) is 13. The minimum atomic E-state index is -2.65. The van der Waals surface area contributed by atoms with Crippen LogP contribution in [0.3, 0.4) is 0 Å². The van der Waals surface area contributed by atoms with Crippen LogP contribution in [0.4, 0.5) is 0 Å². The number of aliphatic hydroxyl groups is 8. The number of aliphatic hydroxyl groups excluding tert-OH is 6. The van der Waals surface area contributed by atoms with E-state index in [0.29, 0.717) is 0 Å². The van der Waals surface area contributed by atoms with Crippen LogP contribution in [0.5, 0.6) is 0 Å². The second kappa shape index (κ2) is 7.18. The first-order chi connectivity index (χ1) is 11.9. The van der Waals surface area contributed by atoms with Crippen LogP contribution in [-0.2, 0) is 14.1 Å². The van der Waals surface area contributed by atoms with E-state index in [1.54, 1.807) is 0 Å². The second-order valence-corrected chi connectivity index (χ2v) is 6.58. The summed E-state index contributed by atoms with van der Waals surface area (Å²) in [6, 6.07) is 0. The van der Waals surface area contributed by atoms with Crippen molar-refractivity contribution < 1.29 is 65.0 Å². The lowest BCUT2D eigenvalue weighted by Crippen LogP contribution is -2.61. The molecular weight excluding hydrogens is 363 g/mol. The van der Waals surface area contributed by atoms with Crippen molar-refractivity contribution in [3.63, 3.8) is 0 Å². The molecule has 9 atom stereocenters. The van der Waals surface area contributed by atoms with E-state index in [4.69, 9.17) is 14.1 Å². The van der Waals surface area contributed by atoms with Gasteiger partial charge in [-0.1, -0.05) is 0 Å². The number of hydrogen-bond donors (Lipinski definition) is 10. The van der Waals surface area contributed by atoms with Gasteiger partial charge in [-0.3, -0.25) is 0 Å². The minimum absolute atomic E-state index is 1.000. The molecule has 0 aliphatic carbocycles. The summed E-state index contributed by atoms with van der Waals surface area (Å²) in [6.07, 6.45) is -11.8. The molecule has 0 aromatic heterocycles. The Morgan fingerprint density at radius 2 is 1.23 bits per heavy atom. The molecule has 0 saturated carbocycles. The summed E-state index contributed by atoms with van der Waals surface area (Å²) in [6.45, 7) is -1.31. The molecule has 1 unspecified atom stereocenters. The number of rotatable bonds is 6. The van der Waals surface area contributed by atoms with Gasteiger partial charge in [0.15, 0.2) is 0 Å². The highest BCUT2D eigenvalue weighted by Crippen LogP contribution is 2.44. The van der Waals surface area contributed by atoms with Crippen molar-refractivity contribution in [1.82, 2.24) is 0 Å². The summed E-state index contributed by atoms with van der Waals surface area (Å²) in [7, 11) is -2.54. The lowest BCUT2D eigenvalue weighted by Gasteiger charge is -2.42. The molecule has 152 valence electrons. The first-order valence-electron chi connectivity index (χ1n) is 7.64. The van der Waals surface area contributed by atoms with Crippen molar-refractivity contribution in [2.75, 3.05) is 13.2 Å². The van der Waals surface area contributed by atoms with Crippen LogP contribution < -0.4 is 0 Å². The first kappa shape index (κ1) is 21.8. The summed E-state index contributed by atoms with van der Waals surface area (Å²) in [4.78, 5) is 0. The molecule has 2 aliphatic heterocycles. The third-order valence-corrected chi connectivity index (χ3v) is 4.80. The molecule has 0 bridgehead atoms. The zero-order valence-electron chi connectivity index (χ0n) is 13.7. The van der Waals surface area contributed by atoms with E-state index < -0.39 is 74.3 Å². The van der Waals surface area contributed by atoms with Gasteiger partial charge in [-0.15, -0.1) is 0 Å². The Kier molecular flexibility index (Phi) is 6.03. The predicted octanol–water partition coefficient (Wildman–Crippen LogP) is -6.67. The van der Waals surface area contributed by atoms with Crippen molar-refractivity contribution in [3.05, 3.63) is 0 Å². The second-order valence-electron chi connectivity index (χ2n) is 6.58. The van der Waals surface area contributed by atoms with Crippen molar-refractivity contribution >= 4 is 7.32 Å². The molecular formula is C12H23BO13.